The molecule has 1 aromatic carbocycles. The summed E-state index contributed by atoms with van der Waals surface area (Å²) in [7, 11) is 0. The largest absolute Gasteiger partial charge is 0.421 e. The Balaban J connectivity index is 1.49. The number of halogens is 4. The molecule has 1 N–H and O–H groups in total. The zero-order valence-corrected chi connectivity index (χ0v) is 17.8. The molecule has 8 heteroatoms. The normalized spacial score (nSPS) is 25.8. The maximum Gasteiger partial charge on any atom is 0.421 e. The zero-order chi connectivity index (χ0) is 23.1. The van der Waals surface area contributed by atoms with Crippen LogP contribution >= 0.6 is 0 Å². The first-order valence-corrected chi connectivity index (χ1v) is 10.9. The molecule has 32 heavy (non-hydrogen) atoms. The first-order valence-electron chi connectivity index (χ1n) is 10.9. The van der Waals surface area contributed by atoms with Gasteiger partial charge in [-0.25, -0.2) is 4.39 Å². The van der Waals surface area contributed by atoms with Gasteiger partial charge >= 0.3 is 6.18 Å². The average molecular weight is 450 g/mol. The Morgan fingerprint density at radius 1 is 1.03 bits per heavy atom. The van der Waals surface area contributed by atoms with Crippen molar-refractivity contribution in [1.29, 1.82) is 0 Å². The number of benzene rings is 1. The smallest absolute Gasteiger partial charge is 0.376 e. The minimum absolute atomic E-state index is 0.0763. The van der Waals surface area contributed by atoms with Crippen molar-refractivity contribution < 1.29 is 27.5 Å². The first kappa shape index (κ1) is 22.7. The van der Waals surface area contributed by atoms with E-state index in [0.29, 0.717) is 25.5 Å². The van der Waals surface area contributed by atoms with E-state index in [-0.39, 0.29) is 42.0 Å². The molecule has 0 spiro atoms. The molecule has 1 heterocycles. The predicted molar refractivity (Wildman–Crippen MR) is 111 cm³/mol. The van der Waals surface area contributed by atoms with Crippen LogP contribution in [0.3, 0.4) is 0 Å². The number of pyridine rings is 1. The van der Waals surface area contributed by atoms with Gasteiger partial charge in [-0.15, -0.1) is 0 Å². The van der Waals surface area contributed by atoms with Crippen molar-refractivity contribution in [2.75, 3.05) is 0 Å². The van der Waals surface area contributed by atoms with Gasteiger partial charge in [-0.2, -0.15) is 13.2 Å². The number of aromatic nitrogens is 1. The predicted octanol–water partition coefficient (Wildman–Crippen LogP) is 5.26. The third-order valence-corrected chi connectivity index (χ3v) is 6.69. The highest BCUT2D eigenvalue weighted by molar-refractivity contribution is 5.95. The fourth-order valence-electron chi connectivity index (χ4n) is 4.45. The number of hydrogen-bond donors (Lipinski definition) is 1. The summed E-state index contributed by atoms with van der Waals surface area (Å²) in [6.45, 7) is 0.688. The molecule has 2 saturated carbocycles. The molecular weight excluding hydrogens is 424 g/mol. The van der Waals surface area contributed by atoms with Crippen molar-refractivity contribution >= 4 is 5.91 Å². The van der Waals surface area contributed by atoms with Crippen molar-refractivity contribution in [3.8, 4) is 0 Å². The fraction of sp³-hybridized carbons (Fsp3) is 0.500. The maximum atomic E-state index is 15.5. The van der Waals surface area contributed by atoms with Gasteiger partial charge in [0.25, 0.3) is 5.91 Å². The molecule has 2 aromatic rings. The summed E-state index contributed by atoms with van der Waals surface area (Å²) in [5.74, 6) is -0.264. The van der Waals surface area contributed by atoms with Gasteiger partial charge in [0, 0.05) is 23.8 Å². The van der Waals surface area contributed by atoms with Crippen molar-refractivity contribution in [2.45, 2.75) is 75.0 Å². The van der Waals surface area contributed by atoms with E-state index < -0.39 is 17.4 Å². The van der Waals surface area contributed by atoms with E-state index in [2.05, 4.69) is 4.98 Å². The highest BCUT2D eigenvalue weighted by atomic mass is 19.4. The minimum atomic E-state index is -4.83. The number of amides is 1. The Hall–Kier alpha value is -2.48. The van der Waals surface area contributed by atoms with E-state index >= 15 is 4.39 Å². The molecule has 2 aliphatic carbocycles. The topological polar surface area (TPSA) is 53.4 Å². The number of alkyl halides is 4. The molecule has 4 nitrogen and oxygen atoms in total. The number of rotatable bonds is 5. The summed E-state index contributed by atoms with van der Waals surface area (Å²) < 4.78 is 54.7. The standard InChI is InChI=1S/C24H26F4N2O2/c1-22(32,24(26,27)28)17-7-5-16(6-8-17)21(31)30(18-9-10-18)19-11-13-23(25,14-12-19)20-4-2-3-15-29-20/h2-8,15,18-19,32H,9-14H2,1H3/t19-,22-,23+/m0/s1. The summed E-state index contributed by atoms with van der Waals surface area (Å²) in [6, 6.07) is 10.1. The molecule has 0 saturated heterocycles. The van der Waals surface area contributed by atoms with E-state index in [0.717, 1.165) is 25.0 Å². The molecule has 4 rings (SSSR count). The van der Waals surface area contributed by atoms with E-state index in [9.17, 15) is 23.1 Å². The van der Waals surface area contributed by atoms with Crippen molar-refractivity contribution in [3.63, 3.8) is 0 Å². The molecule has 0 radical (unpaired) electrons. The Kier molecular flexibility index (Phi) is 5.77. The number of carbonyl (C=O) groups is 1. The highest BCUT2D eigenvalue weighted by Gasteiger charge is 2.51. The van der Waals surface area contributed by atoms with Gasteiger partial charge in [-0.05, 0) is 75.3 Å². The lowest BCUT2D eigenvalue weighted by molar-refractivity contribution is -0.258. The number of hydrogen-bond acceptors (Lipinski definition) is 3. The van der Waals surface area contributed by atoms with Crippen LogP contribution in [0.2, 0.25) is 0 Å². The molecular formula is C24H26F4N2O2. The van der Waals surface area contributed by atoms with Crippen LogP contribution in [0.1, 0.15) is 67.1 Å². The molecule has 1 atom stereocenters. The van der Waals surface area contributed by atoms with E-state index in [1.54, 1.807) is 29.3 Å². The van der Waals surface area contributed by atoms with Gasteiger partial charge in [-0.3, -0.25) is 9.78 Å². The molecule has 172 valence electrons. The van der Waals surface area contributed by atoms with Crippen molar-refractivity contribution in [1.82, 2.24) is 9.88 Å². The van der Waals surface area contributed by atoms with Crippen LogP contribution < -0.4 is 0 Å². The van der Waals surface area contributed by atoms with Crippen LogP contribution in [0.25, 0.3) is 0 Å². The van der Waals surface area contributed by atoms with Crippen LogP contribution in [0.5, 0.6) is 0 Å². The Labute approximate surface area is 184 Å². The summed E-state index contributed by atoms with van der Waals surface area (Å²) >= 11 is 0. The average Bonchev–Trinajstić information content (AvgIpc) is 3.60. The second-order valence-electron chi connectivity index (χ2n) is 9.00. The third-order valence-electron chi connectivity index (χ3n) is 6.69. The lowest BCUT2D eigenvalue weighted by Crippen LogP contribution is -2.46. The monoisotopic (exact) mass is 450 g/mol. The number of nitrogens with zero attached hydrogens (tertiary/aromatic N) is 2. The van der Waals surface area contributed by atoms with Crippen LogP contribution in [0.4, 0.5) is 17.6 Å². The third kappa shape index (κ3) is 4.25. The minimum Gasteiger partial charge on any atom is -0.376 e. The quantitative estimate of drug-likeness (QED) is 0.632. The van der Waals surface area contributed by atoms with Crippen LogP contribution in [-0.4, -0.2) is 39.2 Å². The summed E-state index contributed by atoms with van der Waals surface area (Å²) in [5, 5.41) is 9.85. The van der Waals surface area contributed by atoms with Crippen LogP contribution in [0, 0.1) is 0 Å². The maximum absolute atomic E-state index is 15.5. The molecule has 0 unspecified atom stereocenters. The molecule has 0 bridgehead atoms. The van der Waals surface area contributed by atoms with Gasteiger partial charge in [0.2, 0.25) is 0 Å². The van der Waals surface area contributed by atoms with Gasteiger partial charge in [0.15, 0.2) is 11.3 Å². The van der Waals surface area contributed by atoms with Crippen molar-refractivity contribution in [2.24, 2.45) is 0 Å². The molecule has 2 fully saturated rings. The van der Waals surface area contributed by atoms with E-state index in [1.165, 1.54) is 12.1 Å². The van der Waals surface area contributed by atoms with Crippen LogP contribution in [-0.2, 0) is 11.3 Å². The first-order chi connectivity index (χ1) is 15.0. The van der Waals surface area contributed by atoms with Gasteiger partial charge in [-0.1, -0.05) is 18.2 Å². The Bertz CT molecular complexity index is 948. The van der Waals surface area contributed by atoms with Gasteiger partial charge in [0.05, 0.1) is 5.69 Å². The molecule has 2 aliphatic rings. The molecule has 1 aromatic heterocycles. The second-order valence-corrected chi connectivity index (χ2v) is 9.00. The summed E-state index contributed by atoms with van der Waals surface area (Å²) in [6.07, 6.45) is -0.00648. The zero-order valence-electron chi connectivity index (χ0n) is 17.8. The lowest BCUT2D eigenvalue weighted by Gasteiger charge is -2.39. The van der Waals surface area contributed by atoms with Gasteiger partial charge < -0.3 is 10.0 Å². The summed E-state index contributed by atoms with van der Waals surface area (Å²) in [5.41, 5.74) is -4.16. The van der Waals surface area contributed by atoms with Crippen molar-refractivity contribution in [3.05, 3.63) is 65.5 Å². The fourth-order valence-corrected chi connectivity index (χ4v) is 4.45. The molecule has 0 aliphatic heterocycles. The number of aliphatic hydroxyl groups is 1. The van der Waals surface area contributed by atoms with Crippen LogP contribution in [0.15, 0.2) is 48.7 Å². The lowest BCUT2D eigenvalue weighted by atomic mass is 9.80. The Morgan fingerprint density at radius 2 is 1.62 bits per heavy atom. The molecule has 1 amide bonds. The second kappa shape index (κ2) is 8.14. The highest BCUT2D eigenvalue weighted by Crippen LogP contribution is 2.44. The number of carbonyl (C=O) groups excluding carboxylic acids is 1. The van der Waals surface area contributed by atoms with Gasteiger partial charge in [0.1, 0.15) is 0 Å². The SMILES string of the molecule is C[C@](O)(c1ccc(C(=O)N(C2CC2)[C@H]2CC[C@](F)(c3ccccn3)CC2)cc1)C(F)(F)F. The Morgan fingerprint density at radius 3 is 2.12 bits per heavy atom. The van der Waals surface area contributed by atoms with E-state index in [1.807, 2.05) is 0 Å². The van der Waals surface area contributed by atoms with E-state index in [4.69, 9.17) is 0 Å². The summed E-state index contributed by atoms with van der Waals surface area (Å²) in [4.78, 5) is 19.2.